The number of rotatable bonds is 2. The highest BCUT2D eigenvalue weighted by molar-refractivity contribution is 5.92. The molecular formula is C16H21NO. The zero-order valence-corrected chi connectivity index (χ0v) is 11.5. The Hall–Kier alpha value is -1.57. The average molecular weight is 243 g/mol. The summed E-state index contributed by atoms with van der Waals surface area (Å²) in [6.45, 7) is 8.18. The predicted octanol–water partition coefficient (Wildman–Crippen LogP) is 3.25. The van der Waals surface area contributed by atoms with E-state index in [2.05, 4.69) is 32.9 Å². The number of hydrogen-bond acceptors (Lipinski definition) is 1. The van der Waals surface area contributed by atoms with Crippen molar-refractivity contribution >= 4 is 12.0 Å². The monoisotopic (exact) mass is 243 g/mol. The second-order valence-electron chi connectivity index (χ2n) is 5.15. The van der Waals surface area contributed by atoms with E-state index < -0.39 is 0 Å². The molecule has 1 heterocycles. The molecule has 0 spiro atoms. The van der Waals surface area contributed by atoms with Gasteiger partial charge in [0.2, 0.25) is 5.91 Å². The Morgan fingerprint density at radius 1 is 1.11 bits per heavy atom. The van der Waals surface area contributed by atoms with Gasteiger partial charge in [-0.15, -0.1) is 0 Å². The van der Waals surface area contributed by atoms with Crippen LogP contribution in [0.2, 0.25) is 0 Å². The number of benzene rings is 1. The number of carbonyl (C=O) groups is 1. The Kier molecular flexibility index (Phi) is 3.85. The highest BCUT2D eigenvalue weighted by Crippen LogP contribution is 2.17. The van der Waals surface area contributed by atoms with E-state index >= 15 is 0 Å². The maximum absolute atomic E-state index is 11.9. The summed E-state index contributed by atoms with van der Waals surface area (Å²) < 4.78 is 0. The van der Waals surface area contributed by atoms with Crippen LogP contribution >= 0.6 is 0 Å². The molecule has 1 aliphatic heterocycles. The van der Waals surface area contributed by atoms with Gasteiger partial charge in [0.05, 0.1) is 0 Å². The van der Waals surface area contributed by atoms with Crippen molar-refractivity contribution < 1.29 is 4.79 Å². The van der Waals surface area contributed by atoms with Crippen LogP contribution in [0.15, 0.2) is 18.2 Å². The number of likely N-dealkylation sites (tertiary alicyclic amines) is 1. The smallest absolute Gasteiger partial charge is 0.246 e. The van der Waals surface area contributed by atoms with Crippen LogP contribution in [0.25, 0.3) is 6.08 Å². The molecule has 18 heavy (non-hydrogen) atoms. The third-order valence-corrected chi connectivity index (χ3v) is 3.79. The summed E-state index contributed by atoms with van der Waals surface area (Å²) in [4.78, 5) is 13.8. The molecule has 1 aromatic carbocycles. The molecule has 1 fully saturated rings. The van der Waals surface area contributed by atoms with Crippen molar-refractivity contribution in [3.63, 3.8) is 0 Å². The zero-order valence-electron chi connectivity index (χ0n) is 11.5. The van der Waals surface area contributed by atoms with Gasteiger partial charge in [-0.05, 0) is 61.9 Å². The van der Waals surface area contributed by atoms with Crippen LogP contribution in [0.4, 0.5) is 0 Å². The maximum atomic E-state index is 11.9. The van der Waals surface area contributed by atoms with Crippen LogP contribution in [0.1, 0.15) is 35.1 Å². The molecule has 0 atom stereocenters. The molecule has 0 unspecified atom stereocenters. The van der Waals surface area contributed by atoms with Crippen LogP contribution in [0, 0.1) is 20.8 Å². The fraction of sp³-hybridized carbons (Fsp3) is 0.438. The fourth-order valence-corrected chi connectivity index (χ4v) is 2.38. The highest BCUT2D eigenvalue weighted by Gasteiger charge is 2.14. The third-order valence-electron chi connectivity index (χ3n) is 3.79. The van der Waals surface area contributed by atoms with Crippen molar-refractivity contribution in [2.24, 2.45) is 0 Å². The van der Waals surface area contributed by atoms with Gasteiger partial charge in [-0.2, -0.15) is 0 Å². The second-order valence-corrected chi connectivity index (χ2v) is 5.15. The van der Waals surface area contributed by atoms with Gasteiger partial charge < -0.3 is 4.90 Å². The number of nitrogens with zero attached hydrogens (tertiary/aromatic N) is 1. The minimum Gasteiger partial charge on any atom is -0.339 e. The van der Waals surface area contributed by atoms with Gasteiger partial charge in [0.1, 0.15) is 0 Å². The van der Waals surface area contributed by atoms with Crippen LogP contribution in [-0.2, 0) is 4.79 Å². The van der Waals surface area contributed by atoms with E-state index in [4.69, 9.17) is 0 Å². The van der Waals surface area contributed by atoms with E-state index in [1.165, 1.54) is 16.7 Å². The van der Waals surface area contributed by atoms with E-state index in [-0.39, 0.29) is 5.91 Å². The lowest BCUT2D eigenvalue weighted by molar-refractivity contribution is -0.124. The van der Waals surface area contributed by atoms with Crippen LogP contribution in [0.5, 0.6) is 0 Å². The predicted molar refractivity (Wildman–Crippen MR) is 75.5 cm³/mol. The zero-order chi connectivity index (χ0) is 13.1. The molecule has 1 aromatic rings. The van der Waals surface area contributed by atoms with Gasteiger partial charge in [0, 0.05) is 19.2 Å². The van der Waals surface area contributed by atoms with Gasteiger partial charge in [0.15, 0.2) is 0 Å². The summed E-state index contributed by atoms with van der Waals surface area (Å²) in [6.07, 6.45) is 5.92. The number of carbonyl (C=O) groups excluding carboxylic acids is 1. The summed E-state index contributed by atoms with van der Waals surface area (Å²) in [5, 5.41) is 0. The topological polar surface area (TPSA) is 20.3 Å². The van der Waals surface area contributed by atoms with E-state index in [1.807, 2.05) is 11.0 Å². The second kappa shape index (κ2) is 5.38. The van der Waals surface area contributed by atoms with Gasteiger partial charge in [-0.1, -0.05) is 12.1 Å². The highest BCUT2D eigenvalue weighted by atomic mass is 16.2. The van der Waals surface area contributed by atoms with Crippen molar-refractivity contribution in [3.05, 3.63) is 40.5 Å². The molecule has 0 radical (unpaired) electrons. The lowest BCUT2D eigenvalue weighted by Gasteiger charge is -2.12. The molecule has 1 aliphatic rings. The fourth-order valence-electron chi connectivity index (χ4n) is 2.38. The van der Waals surface area contributed by atoms with Gasteiger partial charge in [-0.25, -0.2) is 0 Å². The molecule has 2 rings (SSSR count). The molecule has 96 valence electrons. The lowest BCUT2D eigenvalue weighted by atomic mass is 10.0. The Morgan fingerprint density at radius 2 is 1.67 bits per heavy atom. The normalized spacial score (nSPS) is 15.6. The number of hydrogen-bond donors (Lipinski definition) is 0. The summed E-state index contributed by atoms with van der Waals surface area (Å²) in [5.41, 5.74) is 5.01. The Balaban J connectivity index is 2.11. The molecule has 0 aliphatic carbocycles. The number of aryl methyl sites for hydroxylation is 2. The Labute approximate surface area is 109 Å². The van der Waals surface area contributed by atoms with Crippen molar-refractivity contribution in [2.75, 3.05) is 13.1 Å². The summed E-state index contributed by atoms with van der Waals surface area (Å²) in [5.74, 6) is 0.142. The largest absolute Gasteiger partial charge is 0.339 e. The van der Waals surface area contributed by atoms with Crippen LogP contribution in [-0.4, -0.2) is 23.9 Å². The lowest BCUT2D eigenvalue weighted by Crippen LogP contribution is -2.25. The van der Waals surface area contributed by atoms with Crippen molar-refractivity contribution in [3.8, 4) is 0 Å². The van der Waals surface area contributed by atoms with Gasteiger partial charge >= 0.3 is 0 Å². The maximum Gasteiger partial charge on any atom is 0.246 e. The van der Waals surface area contributed by atoms with Crippen molar-refractivity contribution in [1.29, 1.82) is 0 Å². The van der Waals surface area contributed by atoms with Crippen LogP contribution in [0.3, 0.4) is 0 Å². The summed E-state index contributed by atoms with van der Waals surface area (Å²) >= 11 is 0. The van der Waals surface area contributed by atoms with Crippen molar-refractivity contribution in [1.82, 2.24) is 4.90 Å². The minimum atomic E-state index is 0.142. The molecule has 0 saturated carbocycles. The molecule has 2 nitrogen and oxygen atoms in total. The third kappa shape index (κ3) is 2.81. The first-order chi connectivity index (χ1) is 8.58. The first-order valence-corrected chi connectivity index (χ1v) is 6.63. The standard InChI is InChI=1S/C16H21NO/c1-12-10-15(11-13(2)14(12)3)6-7-16(18)17-8-4-5-9-17/h6-7,10-11H,4-5,8-9H2,1-3H3/b7-6+. The first kappa shape index (κ1) is 12.9. The first-order valence-electron chi connectivity index (χ1n) is 6.63. The quantitative estimate of drug-likeness (QED) is 0.730. The molecule has 1 saturated heterocycles. The van der Waals surface area contributed by atoms with E-state index in [0.717, 1.165) is 31.5 Å². The van der Waals surface area contributed by atoms with E-state index in [1.54, 1.807) is 6.08 Å². The molecule has 0 bridgehead atoms. The number of amides is 1. The average Bonchev–Trinajstić information content (AvgIpc) is 2.86. The molecule has 1 amide bonds. The van der Waals surface area contributed by atoms with Gasteiger partial charge in [-0.3, -0.25) is 4.79 Å². The SMILES string of the molecule is Cc1cc(/C=C/C(=O)N2CCCC2)cc(C)c1C. The van der Waals surface area contributed by atoms with Gasteiger partial charge in [0.25, 0.3) is 0 Å². The molecular weight excluding hydrogens is 222 g/mol. The Morgan fingerprint density at radius 3 is 2.22 bits per heavy atom. The van der Waals surface area contributed by atoms with E-state index in [0.29, 0.717) is 0 Å². The van der Waals surface area contributed by atoms with E-state index in [9.17, 15) is 4.79 Å². The van der Waals surface area contributed by atoms with Crippen LogP contribution < -0.4 is 0 Å². The summed E-state index contributed by atoms with van der Waals surface area (Å²) in [6, 6.07) is 4.27. The minimum absolute atomic E-state index is 0.142. The molecule has 0 aromatic heterocycles. The summed E-state index contributed by atoms with van der Waals surface area (Å²) in [7, 11) is 0. The molecule has 2 heteroatoms. The van der Waals surface area contributed by atoms with Crippen molar-refractivity contribution in [2.45, 2.75) is 33.6 Å². The molecule has 0 N–H and O–H groups in total. The Bertz CT molecular complexity index is 459.